The lowest BCUT2D eigenvalue weighted by Gasteiger charge is -1.96. The van der Waals surface area contributed by atoms with E-state index < -0.39 is 6.16 Å². The number of carboxylic acid groups (broad SMARTS) is 2. The zero-order chi connectivity index (χ0) is 10.8. The topological polar surface area (TPSA) is 57.5 Å². The van der Waals surface area contributed by atoms with Crippen LogP contribution in [0, 0.1) is 0 Å². The number of hydrogen-bond acceptors (Lipinski definition) is 1. The highest BCUT2D eigenvalue weighted by molar-refractivity contribution is 5.53. The van der Waals surface area contributed by atoms with Crippen LogP contribution < -0.4 is 0 Å². The van der Waals surface area contributed by atoms with Crippen molar-refractivity contribution in [1.82, 2.24) is 0 Å². The zero-order valence-corrected chi connectivity index (χ0v) is 8.31. The monoisotopic (exact) mass is 196 g/mol. The highest BCUT2D eigenvalue weighted by atomic mass is 16.6. The van der Waals surface area contributed by atoms with E-state index in [1.807, 2.05) is 0 Å². The first kappa shape index (κ1) is 12.5. The molecule has 0 aliphatic rings. The Morgan fingerprint density at radius 2 is 1.71 bits per heavy atom. The Labute approximate surface area is 84.0 Å². The molecule has 3 nitrogen and oxygen atoms in total. The van der Waals surface area contributed by atoms with Gasteiger partial charge in [0.2, 0.25) is 0 Å². The summed E-state index contributed by atoms with van der Waals surface area (Å²) in [4.78, 5) is 8.56. The molecule has 3 heteroatoms. The molecule has 14 heavy (non-hydrogen) atoms. The Morgan fingerprint density at radius 1 is 1.21 bits per heavy atom. The molecule has 0 saturated carbocycles. The minimum Gasteiger partial charge on any atom is -0.450 e. The first-order valence-electron chi connectivity index (χ1n) is 4.62. The van der Waals surface area contributed by atoms with E-state index in [1.165, 1.54) is 24.8 Å². The van der Waals surface area contributed by atoms with Gasteiger partial charge in [0.05, 0.1) is 0 Å². The van der Waals surface area contributed by atoms with E-state index in [4.69, 9.17) is 15.0 Å². The molecule has 0 aliphatic carbocycles. The van der Waals surface area contributed by atoms with Gasteiger partial charge >= 0.3 is 6.16 Å². The molecule has 0 saturated heterocycles. The molecule has 1 rings (SSSR count). The number of hydrogen-bond donors (Lipinski definition) is 2. The van der Waals surface area contributed by atoms with E-state index in [9.17, 15) is 0 Å². The van der Waals surface area contributed by atoms with Gasteiger partial charge in [0.1, 0.15) is 0 Å². The van der Waals surface area contributed by atoms with Crippen LogP contribution in [0.25, 0.3) is 0 Å². The summed E-state index contributed by atoms with van der Waals surface area (Å²) in [5, 5.41) is 13.9. The fourth-order valence-electron chi connectivity index (χ4n) is 1.03. The Kier molecular flexibility index (Phi) is 7.23. The van der Waals surface area contributed by atoms with Crippen molar-refractivity contribution in [2.75, 3.05) is 0 Å². The van der Waals surface area contributed by atoms with Crippen molar-refractivity contribution in [2.24, 2.45) is 0 Å². The summed E-state index contributed by atoms with van der Waals surface area (Å²) in [6.45, 7) is 2.23. The summed E-state index contributed by atoms with van der Waals surface area (Å²) in [5.74, 6) is 0. The lowest BCUT2D eigenvalue weighted by molar-refractivity contribution is 0.137. The second-order valence-electron chi connectivity index (χ2n) is 2.87. The normalized spacial score (nSPS) is 8.64. The molecule has 0 aromatic heterocycles. The van der Waals surface area contributed by atoms with Crippen LogP contribution in [0.15, 0.2) is 30.3 Å². The van der Waals surface area contributed by atoms with Gasteiger partial charge in [-0.3, -0.25) is 0 Å². The van der Waals surface area contributed by atoms with Gasteiger partial charge in [-0.15, -0.1) is 0 Å². The van der Waals surface area contributed by atoms with Crippen LogP contribution in [0.4, 0.5) is 4.79 Å². The fourth-order valence-corrected chi connectivity index (χ4v) is 1.03. The van der Waals surface area contributed by atoms with Crippen molar-refractivity contribution in [2.45, 2.75) is 26.2 Å². The van der Waals surface area contributed by atoms with E-state index in [0.29, 0.717) is 0 Å². The summed E-state index contributed by atoms with van der Waals surface area (Å²) < 4.78 is 0. The third kappa shape index (κ3) is 8.59. The van der Waals surface area contributed by atoms with Crippen LogP contribution >= 0.6 is 0 Å². The molecule has 2 N–H and O–H groups in total. The van der Waals surface area contributed by atoms with E-state index >= 15 is 0 Å². The fraction of sp³-hybridized carbons (Fsp3) is 0.364. The molecule has 0 fully saturated rings. The number of aryl methyl sites for hydroxylation is 1. The Balaban J connectivity index is 0.000000364. The van der Waals surface area contributed by atoms with Gasteiger partial charge < -0.3 is 10.2 Å². The molecule has 0 bridgehead atoms. The van der Waals surface area contributed by atoms with Gasteiger partial charge in [0, 0.05) is 0 Å². The summed E-state index contributed by atoms with van der Waals surface area (Å²) in [6, 6.07) is 10.6. The number of unbranched alkanes of at least 4 members (excludes halogenated alkanes) is 1. The highest BCUT2D eigenvalue weighted by Crippen LogP contribution is 2.03. The van der Waals surface area contributed by atoms with Crippen LogP contribution in [-0.4, -0.2) is 16.4 Å². The summed E-state index contributed by atoms with van der Waals surface area (Å²) in [7, 11) is 0. The van der Waals surface area contributed by atoms with Crippen molar-refractivity contribution < 1.29 is 15.0 Å². The van der Waals surface area contributed by atoms with Gasteiger partial charge in [-0.1, -0.05) is 43.7 Å². The number of rotatable bonds is 3. The maximum Gasteiger partial charge on any atom is 0.503 e. The number of benzene rings is 1. The largest absolute Gasteiger partial charge is 0.503 e. The second-order valence-corrected chi connectivity index (χ2v) is 2.87. The molecular weight excluding hydrogens is 180 g/mol. The lowest BCUT2D eigenvalue weighted by Crippen LogP contribution is -1.81. The molecule has 1 aromatic carbocycles. The van der Waals surface area contributed by atoms with Gasteiger partial charge in [-0.2, -0.15) is 0 Å². The predicted octanol–water partition coefficient (Wildman–Crippen LogP) is 3.25. The van der Waals surface area contributed by atoms with E-state index in [2.05, 4.69) is 37.3 Å². The minimum absolute atomic E-state index is 1.23. The zero-order valence-electron chi connectivity index (χ0n) is 8.31. The van der Waals surface area contributed by atoms with E-state index in [0.717, 1.165) is 0 Å². The van der Waals surface area contributed by atoms with Crippen LogP contribution in [0.3, 0.4) is 0 Å². The summed E-state index contributed by atoms with van der Waals surface area (Å²) in [6.07, 6.45) is 2.00. The highest BCUT2D eigenvalue weighted by Gasteiger charge is 1.87. The van der Waals surface area contributed by atoms with Gasteiger partial charge in [-0.05, 0) is 18.4 Å². The van der Waals surface area contributed by atoms with Gasteiger partial charge in [0.15, 0.2) is 0 Å². The minimum atomic E-state index is -1.83. The predicted molar refractivity (Wildman–Crippen MR) is 55.7 cm³/mol. The molecule has 0 amide bonds. The lowest BCUT2D eigenvalue weighted by atomic mass is 10.1. The maximum atomic E-state index is 8.56. The van der Waals surface area contributed by atoms with Crippen LogP contribution in [-0.2, 0) is 6.42 Å². The second kappa shape index (κ2) is 8.10. The molecule has 1 aromatic rings. The molecular formula is C11H16O3. The molecule has 0 heterocycles. The smallest absolute Gasteiger partial charge is 0.450 e. The average molecular weight is 196 g/mol. The van der Waals surface area contributed by atoms with Crippen molar-refractivity contribution in [3.8, 4) is 0 Å². The first-order valence-corrected chi connectivity index (χ1v) is 4.62. The van der Waals surface area contributed by atoms with Crippen LogP contribution in [0.2, 0.25) is 0 Å². The summed E-state index contributed by atoms with van der Waals surface area (Å²) in [5.41, 5.74) is 1.46. The summed E-state index contributed by atoms with van der Waals surface area (Å²) >= 11 is 0. The van der Waals surface area contributed by atoms with E-state index in [-0.39, 0.29) is 0 Å². The van der Waals surface area contributed by atoms with Crippen molar-refractivity contribution in [3.63, 3.8) is 0 Å². The quantitative estimate of drug-likeness (QED) is 0.780. The van der Waals surface area contributed by atoms with E-state index in [1.54, 1.807) is 0 Å². The Hall–Kier alpha value is -1.51. The molecule has 0 aliphatic heterocycles. The molecule has 0 atom stereocenters. The molecule has 0 unspecified atom stereocenters. The van der Waals surface area contributed by atoms with Crippen LogP contribution in [0.1, 0.15) is 25.3 Å². The Bertz CT molecular complexity index is 240. The molecule has 78 valence electrons. The van der Waals surface area contributed by atoms with Crippen molar-refractivity contribution >= 4 is 6.16 Å². The maximum absolute atomic E-state index is 8.56. The molecule has 0 spiro atoms. The number of carbonyl (C=O) groups is 1. The van der Waals surface area contributed by atoms with Crippen molar-refractivity contribution in [1.29, 1.82) is 0 Å². The van der Waals surface area contributed by atoms with Crippen LogP contribution in [0.5, 0.6) is 0 Å². The first-order chi connectivity index (χ1) is 6.66. The SMILES string of the molecule is CCCCc1ccccc1.O=C(O)O. The van der Waals surface area contributed by atoms with Gasteiger partial charge in [-0.25, -0.2) is 4.79 Å². The van der Waals surface area contributed by atoms with Crippen molar-refractivity contribution in [3.05, 3.63) is 35.9 Å². The third-order valence-electron chi connectivity index (χ3n) is 1.66. The standard InChI is InChI=1S/C10H14.CH2O3/c1-2-3-7-10-8-5-4-6-9-10;2-1(3)4/h4-6,8-9H,2-3,7H2,1H3;(H2,2,3,4). The Morgan fingerprint density at radius 3 is 2.14 bits per heavy atom. The average Bonchev–Trinajstić information content (AvgIpc) is 2.15. The molecule has 0 radical (unpaired) electrons. The van der Waals surface area contributed by atoms with Gasteiger partial charge in [0.25, 0.3) is 0 Å². The third-order valence-corrected chi connectivity index (χ3v) is 1.66.